The third-order valence-electron chi connectivity index (χ3n) is 5.08. The third-order valence-corrected chi connectivity index (χ3v) is 6.56. The molecule has 150 valence electrons. The second kappa shape index (κ2) is 9.32. The molecule has 0 aliphatic carbocycles. The van der Waals surface area contributed by atoms with E-state index in [2.05, 4.69) is 16.9 Å². The quantitative estimate of drug-likeness (QED) is 0.712. The molecule has 0 saturated carbocycles. The van der Waals surface area contributed by atoms with Gasteiger partial charge in [0.1, 0.15) is 6.54 Å². The number of quaternary nitrogens is 1. The number of nitrogens with one attached hydrogen (secondary N) is 2. The standard InChI is InChI=1S/C21H27N3O3S/c1-18-7-9-20(10-8-18)28(26,27)22-12-11-21(25)24-15-13-23(14-16-24)17-19-5-3-2-4-6-19/h2-10,22H,11-17H2,1H3/p+1. The molecule has 2 aromatic carbocycles. The molecular formula is C21H28N3O3S+. The van der Waals surface area contributed by atoms with E-state index < -0.39 is 10.0 Å². The van der Waals surface area contributed by atoms with E-state index in [0.29, 0.717) is 13.1 Å². The Morgan fingerprint density at radius 3 is 2.32 bits per heavy atom. The van der Waals surface area contributed by atoms with Crippen molar-refractivity contribution >= 4 is 15.9 Å². The molecule has 2 N–H and O–H groups in total. The fourth-order valence-corrected chi connectivity index (χ4v) is 4.42. The minimum absolute atomic E-state index is 0.00497. The van der Waals surface area contributed by atoms with Gasteiger partial charge in [-0.25, -0.2) is 13.1 Å². The maximum atomic E-state index is 12.4. The zero-order valence-electron chi connectivity index (χ0n) is 16.2. The number of carbonyl (C=O) groups excluding carboxylic acids is 1. The summed E-state index contributed by atoms with van der Waals surface area (Å²) in [4.78, 5) is 15.9. The molecule has 6 nitrogen and oxygen atoms in total. The van der Waals surface area contributed by atoms with Crippen molar-refractivity contribution < 1.29 is 18.1 Å². The van der Waals surface area contributed by atoms with Crippen LogP contribution < -0.4 is 9.62 Å². The molecule has 28 heavy (non-hydrogen) atoms. The van der Waals surface area contributed by atoms with Crippen LogP contribution in [0, 0.1) is 6.92 Å². The number of benzene rings is 2. The molecule has 0 unspecified atom stereocenters. The van der Waals surface area contributed by atoms with E-state index >= 15 is 0 Å². The fraction of sp³-hybridized carbons (Fsp3) is 0.381. The summed E-state index contributed by atoms with van der Waals surface area (Å²) in [5.74, 6) is 0.00497. The lowest BCUT2D eigenvalue weighted by Crippen LogP contribution is -3.13. The van der Waals surface area contributed by atoms with E-state index in [1.165, 1.54) is 10.5 Å². The predicted molar refractivity (Wildman–Crippen MR) is 108 cm³/mol. The maximum Gasteiger partial charge on any atom is 0.240 e. The topological polar surface area (TPSA) is 70.9 Å². The molecule has 0 radical (unpaired) electrons. The normalized spacial score (nSPS) is 15.5. The number of piperazine rings is 1. The van der Waals surface area contributed by atoms with E-state index in [-0.39, 0.29) is 23.8 Å². The van der Waals surface area contributed by atoms with Crippen LogP contribution in [0.3, 0.4) is 0 Å². The van der Waals surface area contributed by atoms with Gasteiger partial charge in [0.25, 0.3) is 0 Å². The highest BCUT2D eigenvalue weighted by Crippen LogP contribution is 2.09. The Balaban J connectivity index is 1.41. The van der Waals surface area contributed by atoms with Crippen LogP contribution in [0.5, 0.6) is 0 Å². The van der Waals surface area contributed by atoms with Gasteiger partial charge in [-0.05, 0) is 19.1 Å². The molecule has 1 fully saturated rings. The van der Waals surface area contributed by atoms with E-state index in [9.17, 15) is 13.2 Å². The lowest BCUT2D eigenvalue weighted by molar-refractivity contribution is -0.917. The van der Waals surface area contributed by atoms with Crippen molar-refractivity contribution in [2.45, 2.75) is 24.8 Å². The molecular weight excluding hydrogens is 374 g/mol. The van der Waals surface area contributed by atoms with Gasteiger partial charge in [-0.1, -0.05) is 48.0 Å². The van der Waals surface area contributed by atoms with E-state index in [1.807, 2.05) is 30.0 Å². The number of carbonyl (C=O) groups is 1. The Labute approximate surface area is 167 Å². The molecule has 1 heterocycles. The van der Waals surface area contributed by atoms with Gasteiger partial charge in [0.05, 0.1) is 31.1 Å². The number of nitrogens with zero attached hydrogens (tertiary/aromatic N) is 1. The average molecular weight is 403 g/mol. The van der Waals surface area contributed by atoms with E-state index in [1.54, 1.807) is 24.3 Å². The Morgan fingerprint density at radius 1 is 1.04 bits per heavy atom. The summed E-state index contributed by atoms with van der Waals surface area (Å²) in [5.41, 5.74) is 2.31. The zero-order chi connectivity index (χ0) is 20.0. The van der Waals surface area contributed by atoms with Crippen molar-refractivity contribution in [1.29, 1.82) is 0 Å². The molecule has 0 aromatic heterocycles. The highest BCUT2D eigenvalue weighted by molar-refractivity contribution is 7.89. The van der Waals surface area contributed by atoms with Gasteiger partial charge in [0.15, 0.2) is 0 Å². The Kier molecular flexibility index (Phi) is 6.83. The van der Waals surface area contributed by atoms with Gasteiger partial charge in [-0.15, -0.1) is 0 Å². The van der Waals surface area contributed by atoms with E-state index in [0.717, 1.165) is 25.2 Å². The molecule has 0 spiro atoms. The van der Waals surface area contributed by atoms with Crippen molar-refractivity contribution in [1.82, 2.24) is 9.62 Å². The van der Waals surface area contributed by atoms with Crippen LogP contribution >= 0.6 is 0 Å². The summed E-state index contributed by atoms with van der Waals surface area (Å²) < 4.78 is 27.1. The predicted octanol–water partition coefficient (Wildman–Crippen LogP) is 0.591. The van der Waals surface area contributed by atoms with Crippen LogP contribution in [0.25, 0.3) is 0 Å². The average Bonchev–Trinajstić information content (AvgIpc) is 2.69. The van der Waals surface area contributed by atoms with E-state index in [4.69, 9.17) is 0 Å². The molecule has 3 rings (SSSR count). The fourth-order valence-electron chi connectivity index (χ4n) is 3.38. The lowest BCUT2D eigenvalue weighted by Gasteiger charge is -2.32. The largest absolute Gasteiger partial charge is 0.331 e. The first kappa shape index (κ1) is 20.5. The van der Waals surface area contributed by atoms with Crippen LogP contribution in [0.15, 0.2) is 59.5 Å². The van der Waals surface area contributed by atoms with Crippen LogP contribution in [0.2, 0.25) is 0 Å². The molecule has 0 bridgehead atoms. The second-order valence-corrected chi connectivity index (χ2v) is 9.02. The minimum Gasteiger partial charge on any atom is -0.331 e. The van der Waals surface area contributed by atoms with Crippen molar-refractivity contribution in [3.05, 3.63) is 65.7 Å². The number of sulfonamides is 1. The Hall–Kier alpha value is -2.22. The van der Waals surface area contributed by atoms with Crippen LogP contribution in [0.4, 0.5) is 0 Å². The molecule has 1 amide bonds. The van der Waals surface area contributed by atoms with Gasteiger partial charge < -0.3 is 9.80 Å². The smallest absolute Gasteiger partial charge is 0.240 e. The molecule has 1 saturated heterocycles. The number of hydrogen-bond acceptors (Lipinski definition) is 3. The monoisotopic (exact) mass is 402 g/mol. The molecule has 1 aliphatic heterocycles. The first-order valence-corrected chi connectivity index (χ1v) is 11.1. The first-order chi connectivity index (χ1) is 13.4. The Bertz CT molecular complexity index is 875. The molecule has 2 aromatic rings. The van der Waals surface area contributed by atoms with Gasteiger partial charge in [-0.3, -0.25) is 4.79 Å². The first-order valence-electron chi connectivity index (χ1n) is 9.66. The van der Waals surface area contributed by atoms with Crippen molar-refractivity contribution in [2.75, 3.05) is 32.7 Å². The number of rotatable bonds is 7. The highest BCUT2D eigenvalue weighted by Gasteiger charge is 2.24. The van der Waals surface area contributed by atoms with Gasteiger partial charge >= 0.3 is 0 Å². The highest BCUT2D eigenvalue weighted by atomic mass is 32.2. The lowest BCUT2D eigenvalue weighted by atomic mass is 10.2. The van der Waals surface area contributed by atoms with Crippen molar-refractivity contribution in [3.63, 3.8) is 0 Å². The summed E-state index contributed by atoms with van der Waals surface area (Å²) in [6.07, 6.45) is 0.180. The summed E-state index contributed by atoms with van der Waals surface area (Å²) >= 11 is 0. The van der Waals surface area contributed by atoms with Gasteiger partial charge in [0.2, 0.25) is 15.9 Å². The van der Waals surface area contributed by atoms with Crippen molar-refractivity contribution in [3.8, 4) is 0 Å². The summed E-state index contributed by atoms with van der Waals surface area (Å²) in [6, 6.07) is 17.0. The summed E-state index contributed by atoms with van der Waals surface area (Å²) in [7, 11) is -3.57. The minimum atomic E-state index is -3.57. The maximum absolute atomic E-state index is 12.4. The molecule has 0 atom stereocenters. The number of amides is 1. The second-order valence-electron chi connectivity index (χ2n) is 7.25. The zero-order valence-corrected chi connectivity index (χ0v) is 17.0. The number of hydrogen-bond donors (Lipinski definition) is 2. The third kappa shape index (κ3) is 5.64. The van der Waals surface area contributed by atoms with Crippen LogP contribution in [0.1, 0.15) is 17.5 Å². The van der Waals surface area contributed by atoms with Crippen LogP contribution in [-0.2, 0) is 21.4 Å². The van der Waals surface area contributed by atoms with Gasteiger partial charge in [0, 0.05) is 18.5 Å². The summed E-state index contributed by atoms with van der Waals surface area (Å²) in [5, 5.41) is 0. The Morgan fingerprint density at radius 2 is 1.68 bits per heavy atom. The molecule has 7 heteroatoms. The summed E-state index contributed by atoms with van der Waals surface area (Å²) in [6.45, 7) is 6.25. The molecule has 1 aliphatic rings. The SMILES string of the molecule is Cc1ccc(S(=O)(=O)NCCC(=O)N2CC[NH+](Cc3ccccc3)CC2)cc1. The van der Waals surface area contributed by atoms with Crippen LogP contribution in [-0.4, -0.2) is 51.9 Å². The van der Waals surface area contributed by atoms with Gasteiger partial charge in [-0.2, -0.15) is 0 Å². The van der Waals surface area contributed by atoms with Crippen molar-refractivity contribution in [2.24, 2.45) is 0 Å². The number of aryl methyl sites for hydroxylation is 1.